The maximum Gasteiger partial charge on any atom is 0.246 e. The van der Waals surface area contributed by atoms with Crippen molar-refractivity contribution in [2.75, 3.05) is 52.5 Å². The lowest BCUT2D eigenvalue weighted by atomic mass is 9.85. The molecule has 15 nitrogen and oxygen atoms in total. The minimum atomic E-state index is -0.829. The van der Waals surface area contributed by atoms with Gasteiger partial charge < -0.3 is 30.3 Å². The first-order valence-electron chi connectivity index (χ1n) is 24.1. The summed E-state index contributed by atoms with van der Waals surface area (Å²) in [7, 11) is 0. The number of likely N-dealkylation sites (tertiary alicyclic amines) is 1. The highest BCUT2D eigenvalue weighted by molar-refractivity contribution is 7.15. The molecule has 3 aliphatic rings. The smallest absolute Gasteiger partial charge is 0.246 e. The van der Waals surface area contributed by atoms with Crippen LogP contribution in [0.25, 0.3) is 15.4 Å². The number of ether oxygens (including phenoxy) is 1. The fourth-order valence-corrected chi connectivity index (χ4v) is 11.7. The standard InChI is InChI=1S/C52H65ClN10O5S2/c1-30-34(5)70-51-45(30)46(37-14-16-39(53)17-15-37)56-41(49-59-58-35(6)63(49)51)27-44(66)61-21-19-60(20-22-61)23-25-68-24-18-43(65)57-48(52(7,8)9)50(67)62-28-40(64)26-42(62)32(3)55-31(2)36-10-12-38(13-11-36)47-33(4)54-29-69-47/h10-17,29,31,40-42,48,55,64H,3,18-28H2,1-2,4-9H3,(H,57,65)/t31-,40+,41-,42-,48+/m0/s1. The number of aryl methyl sites for hydroxylation is 3. The van der Waals surface area contributed by atoms with Gasteiger partial charge in [0.1, 0.15) is 22.9 Å². The summed E-state index contributed by atoms with van der Waals surface area (Å²) in [6.07, 6.45) is -0.121. The summed E-state index contributed by atoms with van der Waals surface area (Å²) in [6, 6.07) is 14.1. The van der Waals surface area contributed by atoms with Crippen LogP contribution >= 0.6 is 34.3 Å². The van der Waals surface area contributed by atoms with Gasteiger partial charge in [-0.2, -0.15) is 0 Å². The summed E-state index contributed by atoms with van der Waals surface area (Å²) in [5.74, 6) is 0.872. The average molecular weight is 1010 g/mol. The lowest BCUT2D eigenvalue weighted by molar-refractivity contribution is -0.140. The van der Waals surface area contributed by atoms with Crippen molar-refractivity contribution in [3.05, 3.63) is 116 Å². The number of β-amino-alcohol motifs (C(OH)–C–C–N with tert-alkyl or cyclic N) is 1. The van der Waals surface area contributed by atoms with E-state index in [4.69, 9.17) is 21.3 Å². The van der Waals surface area contributed by atoms with Gasteiger partial charge in [-0.25, -0.2) is 4.98 Å². The number of amides is 3. The van der Waals surface area contributed by atoms with Crippen molar-refractivity contribution in [3.63, 3.8) is 0 Å². The van der Waals surface area contributed by atoms with Crippen LogP contribution < -0.4 is 10.6 Å². The van der Waals surface area contributed by atoms with Gasteiger partial charge in [-0.05, 0) is 68.9 Å². The molecule has 3 aromatic heterocycles. The number of thiophene rings is 1. The molecule has 0 spiro atoms. The van der Waals surface area contributed by atoms with Gasteiger partial charge in [-0.1, -0.05) is 75.3 Å². The second kappa shape index (κ2) is 21.6. The van der Waals surface area contributed by atoms with Crippen LogP contribution in [0, 0.1) is 33.1 Å². The molecule has 0 aliphatic carbocycles. The number of nitrogens with zero attached hydrogens (tertiary/aromatic N) is 8. The Morgan fingerprint density at radius 2 is 1.66 bits per heavy atom. The normalized spacial score (nSPS) is 19.2. The molecular weight excluding hydrogens is 944 g/mol. The number of thiazole rings is 1. The molecule has 6 heterocycles. The Hall–Kier alpha value is -5.30. The van der Waals surface area contributed by atoms with Crippen molar-refractivity contribution in [1.29, 1.82) is 0 Å². The third-order valence-electron chi connectivity index (χ3n) is 13.7. The van der Waals surface area contributed by atoms with Crippen molar-refractivity contribution in [2.45, 2.75) is 105 Å². The van der Waals surface area contributed by atoms with Crippen LogP contribution in [0.5, 0.6) is 0 Å². The number of nitrogens with one attached hydrogen (secondary N) is 2. The summed E-state index contributed by atoms with van der Waals surface area (Å²) in [6.45, 7) is 24.2. The second-order valence-electron chi connectivity index (χ2n) is 19.7. The number of hydrogen-bond acceptors (Lipinski definition) is 13. The molecule has 3 N–H and O–H groups in total. The third-order valence-corrected chi connectivity index (χ3v) is 16.1. The number of aromatic nitrogens is 4. The lowest BCUT2D eigenvalue weighted by Crippen LogP contribution is -2.56. The number of hydrogen-bond donors (Lipinski definition) is 3. The predicted octanol–water partition coefficient (Wildman–Crippen LogP) is 7.53. The van der Waals surface area contributed by atoms with Crippen LogP contribution in [-0.2, 0) is 19.1 Å². The van der Waals surface area contributed by atoms with Crippen LogP contribution in [-0.4, -0.2) is 134 Å². The molecule has 3 amide bonds. The number of benzene rings is 2. The Kier molecular flexibility index (Phi) is 15.8. The monoisotopic (exact) mass is 1010 g/mol. The number of aliphatic hydroxyl groups is 1. The zero-order chi connectivity index (χ0) is 50.0. The summed E-state index contributed by atoms with van der Waals surface area (Å²) in [5, 5.41) is 27.9. The van der Waals surface area contributed by atoms with Gasteiger partial charge in [0.2, 0.25) is 17.7 Å². The van der Waals surface area contributed by atoms with E-state index >= 15 is 0 Å². The first-order chi connectivity index (χ1) is 33.4. The summed E-state index contributed by atoms with van der Waals surface area (Å²) < 4.78 is 8.01. The van der Waals surface area contributed by atoms with Crippen molar-refractivity contribution in [1.82, 2.24) is 45.1 Å². The van der Waals surface area contributed by atoms with E-state index in [0.717, 1.165) is 54.9 Å². The number of aliphatic imine (C=N–C) groups is 1. The first-order valence-corrected chi connectivity index (χ1v) is 26.1. The SMILES string of the molecule is C=C(N[C@@H](C)c1ccc(-c2scnc2C)cc1)[C@@H]1C[C@@H](O)CN1C(=O)[C@@H](NC(=O)CCOCCN1CCN(C(=O)C[C@@H]2N=C(c3ccc(Cl)cc3)c3c(sc(C)c3C)-n3c(C)nnc32)CC1)C(C)(C)C. The van der Waals surface area contributed by atoms with Crippen LogP contribution in [0.3, 0.4) is 0 Å². The average Bonchev–Trinajstić information content (AvgIpc) is 4.10. The number of rotatable bonds is 16. The highest BCUT2D eigenvalue weighted by atomic mass is 35.5. The van der Waals surface area contributed by atoms with Gasteiger partial charge in [0.05, 0.1) is 53.6 Å². The molecule has 0 saturated carbocycles. The van der Waals surface area contributed by atoms with E-state index < -0.39 is 29.6 Å². The molecule has 70 heavy (non-hydrogen) atoms. The van der Waals surface area contributed by atoms with Crippen molar-refractivity contribution >= 4 is 57.7 Å². The number of piperazine rings is 1. The molecule has 2 saturated heterocycles. The maximum absolute atomic E-state index is 14.3. The zero-order valence-electron chi connectivity index (χ0n) is 41.4. The van der Waals surface area contributed by atoms with E-state index in [0.29, 0.717) is 62.3 Å². The van der Waals surface area contributed by atoms with E-state index in [1.807, 2.05) is 76.2 Å². The van der Waals surface area contributed by atoms with Crippen molar-refractivity contribution < 1.29 is 24.2 Å². The van der Waals surface area contributed by atoms with Crippen molar-refractivity contribution in [3.8, 4) is 15.4 Å². The zero-order valence-corrected chi connectivity index (χ0v) is 43.8. The Morgan fingerprint density at radius 1 is 0.957 bits per heavy atom. The lowest BCUT2D eigenvalue weighted by Gasteiger charge is -2.36. The Morgan fingerprint density at radius 3 is 2.33 bits per heavy atom. The first kappa shape index (κ1) is 51.1. The van der Waals surface area contributed by atoms with E-state index in [2.05, 4.69) is 80.0 Å². The quantitative estimate of drug-likeness (QED) is 0.0841. The van der Waals surface area contributed by atoms with E-state index in [1.54, 1.807) is 27.6 Å². The Balaban J connectivity index is 0.797. The second-order valence-corrected chi connectivity index (χ2v) is 22.2. The van der Waals surface area contributed by atoms with Gasteiger partial charge in [0.15, 0.2) is 5.82 Å². The Labute approximate surface area is 424 Å². The fraction of sp³-hybridized carbons (Fsp3) is 0.481. The number of halogens is 1. The van der Waals surface area contributed by atoms with Crippen molar-refractivity contribution in [2.24, 2.45) is 10.4 Å². The molecule has 5 aromatic rings. The van der Waals surface area contributed by atoms with Crippen LogP contribution in [0.2, 0.25) is 5.02 Å². The Bertz CT molecular complexity index is 2730. The van der Waals surface area contributed by atoms with Crippen LogP contribution in [0.1, 0.15) is 104 Å². The maximum atomic E-state index is 14.3. The minimum Gasteiger partial charge on any atom is -0.391 e. The largest absolute Gasteiger partial charge is 0.391 e. The molecule has 3 aliphatic heterocycles. The topological polar surface area (TPSA) is 170 Å². The highest BCUT2D eigenvalue weighted by Gasteiger charge is 2.43. The summed E-state index contributed by atoms with van der Waals surface area (Å²) in [5.41, 5.74) is 8.98. The van der Waals surface area contributed by atoms with E-state index in [1.165, 1.54) is 4.88 Å². The number of carbonyl (C=O) groups excluding carboxylic acids is 3. The molecule has 372 valence electrons. The molecule has 0 radical (unpaired) electrons. The fourth-order valence-electron chi connectivity index (χ4n) is 9.50. The summed E-state index contributed by atoms with van der Waals surface area (Å²) in [4.78, 5) is 59.4. The molecule has 18 heteroatoms. The molecule has 8 rings (SSSR count). The number of fused-ring (bicyclic) bond motifs is 3. The molecular formula is C52H65ClN10O5S2. The summed E-state index contributed by atoms with van der Waals surface area (Å²) >= 11 is 9.58. The molecule has 0 bridgehead atoms. The predicted molar refractivity (Wildman–Crippen MR) is 277 cm³/mol. The highest BCUT2D eigenvalue weighted by Crippen LogP contribution is 2.40. The minimum absolute atomic E-state index is 0.0106. The number of aliphatic hydroxyl groups excluding tert-OH is 1. The molecule has 0 unspecified atom stereocenters. The molecule has 5 atom stereocenters. The van der Waals surface area contributed by atoms with Gasteiger partial charge in [0, 0.05) is 84.9 Å². The van der Waals surface area contributed by atoms with E-state index in [-0.39, 0.29) is 49.8 Å². The van der Waals surface area contributed by atoms with Gasteiger partial charge in [0.25, 0.3) is 0 Å². The number of carbonyl (C=O) groups is 3. The van der Waals surface area contributed by atoms with Crippen LogP contribution in [0.4, 0.5) is 0 Å². The van der Waals surface area contributed by atoms with Crippen LogP contribution in [0.15, 0.2) is 71.3 Å². The third kappa shape index (κ3) is 11.2. The molecule has 2 fully saturated rings. The van der Waals surface area contributed by atoms with Gasteiger partial charge >= 0.3 is 0 Å². The van der Waals surface area contributed by atoms with E-state index in [9.17, 15) is 19.5 Å². The van der Waals surface area contributed by atoms with Gasteiger partial charge in [-0.3, -0.25) is 28.8 Å². The van der Waals surface area contributed by atoms with Gasteiger partial charge in [-0.15, -0.1) is 32.9 Å². The molecule has 2 aromatic carbocycles.